The minimum absolute atomic E-state index is 0.112. The number of halogens is 3. The number of anilines is 1. The molecule has 1 aliphatic carbocycles. The van der Waals surface area contributed by atoms with Crippen LogP contribution >= 0.6 is 0 Å². The molecule has 0 radical (unpaired) electrons. The first-order valence-corrected chi connectivity index (χ1v) is 7.21. The molecular weight excluding hydrogens is 277 g/mol. The number of rotatable bonds is 5. The van der Waals surface area contributed by atoms with Gasteiger partial charge in [0.05, 0.1) is 16.8 Å². The van der Waals surface area contributed by atoms with E-state index in [1.807, 2.05) is 6.07 Å². The van der Waals surface area contributed by atoms with Crippen LogP contribution in [0, 0.1) is 17.2 Å². The molecule has 0 aromatic heterocycles. The lowest BCUT2D eigenvalue weighted by molar-refractivity contribution is -0.137. The maximum Gasteiger partial charge on any atom is 0.416 e. The second kappa shape index (κ2) is 5.97. The van der Waals surface area contributed by atoms with Gasteiger partial charge in [0.2, 0.25) is 0 Å². The Balaban J connectivity index is 2.30. The third-order valence-electron chi connectivity index (χ3n) is 3.69. The Bertz CT molecular complexity index is 539. The van der Waals surface area contributed by atoms with E-state index in [0.717, 1.165) is 37.9 Å². The summed E-state index contributed by atoms with van der Waals surface area (Å²) in [6.45, 7) is 5.01. The third kappa shape index (κ3) is 3.90. The molecule has 0 unspecified atom stereocenters. The first-order chi connectivity index (χ1) is 9.82. The molecule has 2 rings (SSSR count). The average Bonchev–Trinajstić information content (AvgIpc) is 3.22. The van der Waals surface area contributed by atoms with Gasteiger partial charge in [-0.05, 0) is 43.4 Å². The van der Waals surface area contributed by atoms with E-state index in [4.69, 9.17) is 0 Å². The summed E-state index contributed by atoms with van der Waals surface area (Å²) in [5.74, 6) is 0.520. The second-order valence-corrected chi connectivity index (χ2v) is 5.95. The molecule has 5 heteroatoms. The lowest BCUT2D eigenvalue weighted by Gasteiger charge is -2.27. The molecule has 0 N–H and O–H groups in total. The summed E-state index contributed by atoms with van der Waals surface area (Å²) in [6.07, 6.45) is -1.36. The summed E-state index contributed by atoms with van der Waals surface area (Å²) in [5.41, 5.74) is -0.0171. The van der Waals surface area contributed by atoms with Crippen molar-refractivity contribution in [2.24, 2.45) is 5.92 Å². The highest BCUT2D eigenvalue weighted by molar-refractivity contribution is 5.62. The number of alkyl halides is 3. The van der Waals surface area contributed by atoms with E-state index in [0.29, 0.717) is 17.6 Å². The van der Waals surface area contributed by atoms with E-state index in [2.05, 4.69) is 18.7 Å². The first-order valence-electron chi connectivity index (χ1n) is 7.21. The fraction of sp³-hybridized carbons (Fsp3) is 0.562. The van der Waals surface area contributed by atoms with E-state index < -0.39 is 11.7 Å². The van der Waals surface area contributed by atoms with Gasteiger partial charge in [0.15, 0.2) is 0 Å². The maximum atomic E-state index is 12.7. The molecule has 0 atom stereocenters. The molecule has 1 aromatic rings. The van der Waals surface area contributed by atoms with E-state index in [9.17, 15) is 18.4 Å². The Morgan fingerprint density at radius 1 is 1.33 bits per heavy atom. The van der Waals surface area contributed by atoms with E-state index in [1.54, 1.807) is 0 Å². The Morgan fingerprint density at radius 3 is 2.48 bits per heavy atom. The Kier molecular flexibility index (Phi) is 4.46. The average molecular weight is 296 g/mol. The lowest BCUT2D eigenvalue weighted by atomic mass is 10.1. The van der Waals surface area contributed by atoms with Gasteiger partial charge in [-0.15, -0.1) is 0 Å². The highest BCUT2D eigenvalue weighted by Crippen LogP contribution is 2.37. The molecule has 2 nitrogen and oxygen atoms in total. The van der Waals surface area contributed by atoms with Crippen molar-refractivity contribution in [1.29, 1.82) is 5.26 Å². The monoisotopic (exact) mass is 296 g/mol. The van der Waals surface area contributed by atoms with Crippen LogP contribution in [0.5, 0.6) is 0 Å². The SMILES string of the molecule is CC(C)CCN(c1ccc(C(F)(F)F)cc1C#N)C1CC1. The van der Waals surface area contributed by atoms with E-state index in [-0.39, 0.29) is 5.56 Å². The second-order valence-electron chi connectivity index (χ2n) is 5.95. The zero-order valence-electron chi connectivity index (χ0n) is 12.2. The zero-order chi connectivity index (χ0) is 15.6. The van der Waals surface area contributed by atoms with Gasteiger partial charge in [-0.1, -0.05) is 13.8 Å². The van der Waals surface area contributed by atoms with Crippen LogP contribution in [0.2, 0.25) is 0 Å². The van der Waals surface area contributed by atoms with Crippen molar-refractivity contribution in [3.05, 3.63) is 29.3 Å². The van der Waals surface area contributed by atoms with Crippen molar-refractivity contribution in [3.63, 3.8) is 0 Å². The van der Waals surface area contributed by atoms with Crippen LogP contribution in [0.15, 0.2) is 18.2 Å². The van der Waals surface area contributed by atoms with Crippen LogP contribution in [0.3, 0.4) is 0 Å². The number of hydrogen-bond donors (Lipinski definition) is 0. The molecule has 0 bridgehead atoms. The topological polar surface area (TPSA) is 27.0 Å². The number of nitrogens with zero attached hydrogens (tertiary/aromatic N) is 2. The van der Waals surface area contributed by atoms with E-state index in [1.165, 1.54) is 6.07 Å². The van der Waals surface area contributed by atoms with Crippen LogP contribution in [-0.4, -0.2) is 12.6 Å². The van der Waals surface area contributed by atoms with Gasteiger partial charge in [-0.25, -0.2) is 0 Å². The van der Waals surface area contributed by atoms with Crippen molar-refractivity contribution < 1.29 is 13.2 Å². The third-order valence-corrected chi connectivity index (χ3v) is 3.69. The van der Waals surface area contributed by atoms with Crippen molar-refractivity contribution in [1.82, 2.24) is 0 Å². The van der Waals surface area contributed by atoms with Crippen LogP contribution in [0.4, 0.5) is 18.9 Å². The molecule has 0 saturated heterocycles. The van der Waals surface area contributed by atoms with Gasteiger partial charge in [-0.2, -0.15) is 18.4 Å². The Morgan fingerprint density at radius 2 is 2.00 bits per heavy atom. The summed E-state index contributed by atoms with van der Waals surface area (Å²) in [4.78, 5) is 2.10. The zero-order valence-corrected chi connectivity index (χ0v) is 12.2. The van der Waals surface area contributed by atoms with Crippen LogP contribution in [0.1, 0.15) is 44.2 Å². The smallest absolute Gasteiger partial charge is 0.367 e. The van der Waals surface area contributed by atoms with Gasteiger partial charge in [0.25, 0.3) is 0 Å². The molecule has 114 valence electrons. The molecule has 0 amide bonds. The van der Waals surface area contributed by atoms with Crippen LogP contribution in [0.25, 0.3) is 0 Å². The number of hydrogen-bond acceptors (Lipinski definition) is 2. The predicted molar refractivity (Wildman–Crippen MR) is 76.0 cm³/mol. The van der Waals surface area contributed by atoms with Gasteiger partial charge in [0, 0.05) is 12.6 Å². The van der Waals surface area contributed by atoms with Crippen LogP contribution < -0.4 is 4.90 Å². The van der Waals surface area contributed by atoms with Gasteiger partial charge >= 0.3 is 6.18 Å². The van der Waals surface area contributed by atoms with Crippen LogP contribution in [-0.2, 0) is 6.18 Å². The molecule has 0 spiro atoms. The Hall–Kier alpha value is -1.70. The molecule has 0 aliphatic heterocycles. The quantitative estimate of drug-likeness (QED) is 0.794. The minimum Gasteiger partial charge on any atom is -0.367 e. The maximum absolute atomic E-state index is 12.7. The summed E-state index contributed by atoms with van der Waals surface area (Å²) in [6, 6.07) is 5.76. The highest BCUT2D eigenvalue weighted by atomic mass is 19.4. The van der Waals surface area contributed by atoms with Crippen molar-refractivity contribution in [2.45, 2.75) is 45.3 Å². The lowest BCUT2D eigenvalue weighted by Crippen LogP contribution is -2.28. The molecular formula is C16H19F3N2. The van der Waals surface area contributed by atoms with Crippen molar-refractivity contribution in [3.8, 4) is 6.07 Å². The van der Waals surface area contributed by atoms with Crippen molar-refractivity contribution >= 4 is 5.69 Å². The van der Waals surface area contributed by atoms with Gasteiger partial charge in [-0.3, -0.25) is 0 Å². The van der Waals surface area contributed by atoms with E-state index >= 15 is 0 Å². The summed E-state index contributed by atoms with van der Waals surface area (Å²) >= 11 is 0. The molecule has 1 saturated carbocycles. The molecule has 21 heavy (non-hydrogen) atoms. The summed E-state index contributed by atoms with van der Waals surface area (Å²) in [5, 5.41) is 9.19. The molecule has 0 heterocycles. The molecule has 1 aromatic carbocycles. The highest BCUT2D eigenvalue weighted by Gasteiger charge is 2.34. The molecule has 1 fully saturated rings. The largest absolute Gasteiger partial charge is 0.416 e. The number of benzene rings is 1. The fourth-order valence-electron chi connectivity index (χ4n) is 2.34. The fourth-order valence-corrected chi connectivity index (χ4v) is 2.34. The molecule has 1 aliphatic rings. The normalized spacial score (nSPS) is 15.1. The van der Waals surface area contributed by atoms with Gasteiger partial charge < -0.3 is 4.90 Å². The summed E-state index contributed by atoms with van der Waals surface area (Å²) in [7, 11) is 0. The number of nitriles is 1. The summed E-state index contributed by atoms with van der Waals surface area (Å²) < 4.78 is 38.2. The minimum atomic E-state index is -4.41. The first kappa shape index (κ1) is 15.7. The van der Waals surface area contributed by atoms with Crippen molar-refractivity contribution in [2.75, 3.05) is 11.4 Å². The Labute approximate surface area is 123 Å². The standard InChI is InChI=1S/C16H19F3N2/c1-11(2)7-8-21(14-4-5-14)15-6-3-13(16(17,18)19)9-12(15)10-20/h3,6,9,11,14H,4-5,7-8H2,1-2H3. The van der Waals surface area contributed by atoms with Gasteiger partial charge in [0.1, 0.15) is 6.07 Å². The predicted octanol–water partition coefficient (Wildman–Crippen LogP) is 4.59.